The minimum atomic E-state index is -0.458. The molecule has 30 heavy (non-hydrogen) atoms. The second-order valence-electron chi connectivity index (χ2n) is 7.88. The van der Waals surface area contributed by atoms with E-state index in [-0.39, 0.29) is 18.2 Å². The Morgan fingerprint density at radius 1 is 0.900 bits per heavy atom. The van der Waals surface area contributed by atoms with E-state index in [9.17, 15) is 9.59 Å². The summed E-state index contributed by atoms with van der Waals surface area (Å²) in [4.78, 5) is 27.5. The van der Waals surface area contributed by atoms with Crippen molar-refractivity contribution in [3.05, 3.63) is 102 Å². The summed E-state index contributed by atoms with van der Waals surface area (Å²) in [5.41, 5.74) is 4.87. The first-order valence-corrected chi connectivity index (χ1v) is 10.2. The molecular formula is C26H22N2O2. The van der Waals surface area contributed by atoms with Gasteiger partial charge in [-0.3, -0.25) is 9.59 Å². The SMILES string of the molecule is Cc1cccc(N2C(=O)C[C@@H](c3cn(Cc4ccccc4)c4ccccc34)C2=O)c1. The Morgan fingerprint density at radius 3 is 2.47 bits per heavy atom. The van der Waals surface area contributed by atoms with Crippen molar-refractivity contribution in [2.24, 2.45) is 0 Å². The number of anilines is 1. The number of hydrogen-bond donors (Lipinski definition) is 0. The van der Waals surface area contributed by atoms with Gasteiger partial charge in [0.25, 0.3) is 0 Å². The summed E-state index contributed by atoms with van der Waals surface area (Å²) in [5, 5.41) is 1.03. The highest BCUT2D eigenvalue weighted by molar-refractivity contribution is 6.23. The molecule has 0 N–H and O–H groups in total. The number of carbonyl (C=O) groups excluding carboxylic acids is 2. The van der Waals surface area contributed by atoms with Gasteiger partial charge in [0.1, 0.15) is 0 Å². The first kappa shape index (κ1) is 18.4. The number of rotatable bonds is 4. The van der Waals surface area contributed by atoms with Crippen LogP contribution >= 0.6 is 0 Å². The molecule has 1 atom stereocenters. The minimum absolute atomic E-state index is 0.143. The molecule has 2 heterocycles. The van der Waals surface area contributed by atoms with Crippen molar-refractivity contribution in [3.8, 4) is 0 Å². The molecular weight excluding hydrogens is 372 g/mol. The molecule has 1 aliphatic rings. The van der Waals surface area contributed by atoms with Crippen LogP contribution in [0.5, 0.6) is 0 Å². The quantitative estimate of drug-likeness (QED) is 0.455. The molecule has 1 aromatic heterocycles. The van der Waals surface area contributed by atoms with Crippen LogP contribution < -0.4 is 4.90 Å². The maximum absolute atomic E-state index is 13.3. The molecule has 4 heteroatoms. The third-order valence-electron chi connectivity index (χ3n) is 5.80. The molecule has 3 aromatic carbocycles. The smallest absolute Gasteiger partial charge is 0.241 e. The van der Waals surface area contributed by atoms with Crippen molar-refractivity contribution < 1.29 is 9.59 Å². The predicted molar refractivity (Wildman–Crippen MR) is 119 cm³/mol. The Labute approximate surface area is 175 Å². The topological polar surface area (TPSA) is 42.3 Å². The summed E-state index contributed by atoms with van der Waals surface area (Å²) in [6.07, 6.45) is 2.25. The zero-order chi connectivity index (χ0) is 20.7. The standard InChI is InChI=1S/C26H22N2O2/c1-18-8-7-11-20(14-18)28-25(29)15-22(26(28)30)23-17-27(16-19-9-3-2-4-10-19)24-13-6-5-12-21(23)24/h2-14,17,22H,15-16H2,1H3/t22-/m0/s1. The number of para-hydroxylation sites is 1. The lowest BCUT2D eigenvalue weighted by Crippen LogP contribution is -2.30. The lowest BCUT2D eigenvalue weighted by atomic mass is 9.97. The van der Waals surface area contributed by atoms with Crippen LogP contribution in [0, 0.1) is 6.92 Å². The number of benzene rings is 3. The maximum Gasteiger partial charge on any atom is 0.241 e. The van der Waals surface area contributed by atoms with Crippen molar-refractivity contribution in [2.75, 3.05) is 4.90 Å². The summed E-state index contributed by atoms with van der Waals surface area (Å²) in [7, 11) is 0. The number of amides is 2. The van der Waals surface area contributed by atoms with E-state index >= 15 is 0 Å². The Hall–Kier alpha value is -3.66. The van der Waals surface area contributed by atoms with Gasteiger partial charge in [-0.05, 0) is 41.8 Å². The van der Waals surface area contributed by atoms with Gasteiger partial charge in [-0.15, -0.1) is 0 Å². The normalized spacial score (nSPS) is 16.6. The number of nitrogens with zero attached hydrogens (tertiary/aromatic N) is 2. The summed E-state index contributed by atoms with van der Waals surface area (Å²) in [6.45, 7) is 2.68. The Morgan fingerprint density at radius 2 is 1.67 bits per heavy atom. The van der Waals surface area contributed by atoms with Crippen LogP contribution in [-0.2, 0) is 16.1 Å². The second-order valence-corrected chi connectivity index (χ2v) is 7.88. The number of imide groups is 1. The molecule has 1 aliphatic heterocycles. The first-order chi connectivity index (χ1) is 14.6. The number of hydrogen-bond acceptors (Lipinski definition) is 2. The average Bonchev–Trinajstić information content (AvgIpc) is 3.25. The maximum atomic E-state index is 13.3. The number of carbonyl (C=O) groups is 2. The number of aryl methyl sites for hydroxylation is 1. The van der Waals surface area contributed by atoms with E-state index in [1.165, 1.54) is 10.5 Å². The molecule has 0 unspecified atom stereocenters. The molecule has 0 radical (unpaired) electrons. The lowest BCUT2D eigenvalue weighted by Gasteiger charge is -2.15. The Balaban J connectivity index is 1.55. The summed E-state index contributed by atoms with van der Waals surface area (Å²) >= 11 is 0. The lowest BCUT2D eigenvalue weighted by molar-refractivity contribution is -0.121. The van der Waals surface area contributed by atoms with E-state index in [0.29, 0.717) is 5.69 Å². The third-order valence-corrected chi connectivity index (χ3v) is 5.80. The van der Waals surface area contributed by atoms with Crippen LogP contribution in [0.4, 0.5) is 5.69 Å². The molecule has 148 valence electrons. The van der Waals surface area contributed by atoms with Crippen LogP contribution in [-0.4, -0.2) is 16.4 Å². The van der Waals surface area contributed by atoms with Gasteiger partial charge < -0.3 is 4.57 Å². The van der Waals surface area contributed by atoms with Crippen molar-refractivity contribution in [3.63, 3.8) is 0 Å². The van der Waals surface area contributed by atoms with Gasteiger partial charge in [-0.25, -0.2) is 4.90 Å². The van der Waals surface area contributed by atoms with E-state index in [2.05, 4.69) is 22.8 Å². The van der Waals surface area contributed by atoms with Crippen LogP contribution in [0.15, 0.2) is 85.1 Å². The molecule has 4 aromatic rings. The summed E-state index contributed by atoms with van der Waals surface area (Å²) in [5.74, 6) is -0.747. The van der Waals surface area contributed by atoms with E-state index in [1.54, 1.807) is 0 Å². The van der Waals surface area contributed by atoms with E-state index in [0.717, 1.165) is 28.6 Å². The van der Waals surface area contributed by atoms with Crippen LogP contribution in [0.25, 0.3) is 10.9 Å². The molecule has 0 spiro atoms. The van der Waals surface area contributed by atoms with Crippen LogP contribution in [0.2, 0.25) is 0 Å². The summed E-state index contributed by atoms with van der Waals surface area (Å²) < 4.78 is 2.17. The van der Waals surface area contributed by atoms with Gasteiger partial charge in [-0.1, -0.05) is 60.7 Å². The largest absolute Gasteiger partial charge is 0.343 e. The molecule has 0 aliphatic carbocycles. The first-order valence-electron chi connectivity index (χ1n) is 10.2. The number of fused-ring (bicyclic) bond motifs is 1. The predicted octanol–water partition coefficient (Wildman–Crippen LogP) is 5.05. The van der Waals surface area contributed by atoms with Gasteiger partial charge >= 0.3 is 0 Å². The highest BCUT2D eigenvalue weighted by Crippen LogP contribution is 2.37. The van der Waals surface area contributed by atoms with E-state index in [4.69, 9.17) is 0 Å². The Bertz CT molecular complexity index is 1260. The van der Waals surface area contributed by atoms with Crippen molar-refractivity contribution in [1.29, 1.82) is 0 Å². The monoisotopic (exact) mass is 394 g/mol. The highest BCUT2D eigenvalue weighted by atomic mass is 16.2. The van der Waals surface area contributed by atoms with Crippen molar-refractivity contribution >= 4 is 28.4 Å². The molecule has 2 amide bonds. The highest BCUT2D eigenvalue weighted by Gasteiger charge is 2.41. The van der Waals surface area contributed by atoms with Crippen molar-refractivity contribution in [1.82, 2.24) is 4.57 Å². The molecule has 0 bridgehead atoms. The van der Waals surface area contributed by atoms with Gasteiger partial charge in [0.05, 0.1) is 11.6 Å². The molecule has 5 rings (SSSR count). The molecule has 1 saturated heterocycles. The van der Waals surface area contributed by atoms with Gasteiger partial charge in [0.15, 0.2) is 0 Å². The van der Waals surface area contributed by atoms with E-state index < -0.39 is 5.92 Å². The fourth-order valence-electron chi connectivity index (χ4n) is 4.38. The fraction of sp³-hybridized carbons (Fsp3) is 0.154. The Kier molecular flexibility index (Phi) is 4.47. The fourth-order valence-corrected chi connectivity index (χ4v) is 4.38. The zero-order valence-corrected chi connectivity index (χ0v) is 16.8. The van der Waals surface area contributed by atoms with Crippen molar-refractivity contribution in [2.45, 2.75) is 25.8 Å². The van der Waals surface area contributed by atoms with E-state index in [1.807, 2.05) is 73.8 Å². The number of aromatic nitrogens is 1. The molecule has 1 fully saturated rings. The minimum Gasteiger partial charge on any atom is -0.343 e. The van der Waals surface area contributed by atoms with Gasteiger partial charge in [-0.2, -0.15) is 0 Å². The summed E-state index contributed by atoms with van der Waals surface area (Å²) in [6, 6.07) is 25.9. The molecule has 0 saturated carbocycles. The molecule has 4 nitrogen and oxygen atoms in total. The zero-order valence-electron chi connectivity index (χ0n) is 16.8. The van der Waals surface area contributed by atoms with Gasteiger partial charge in [0, 0.05) is 30.1 Å². The third kappa shape index (κ3) is 3.11. The average molecular weight is 394 g/mol. The second kappa shape index (κ2) is 7.30. The van der Waals surface area contributed by atoms with Gasteiger partial charge in [0.2, 0.25) is 11.8 Å². The van der Waals surface area contributed by atoms with Crippen LogP contribution in [0.3, 0.4) is 0 Å². The van der Waals surface area contributed by atoms with Crippen LogP contribution in [0.1, 0.15) is 29.0 Å².